The van der Waals surface area contributed by atoms with E-state index in [9.17, 15) is 0 Å². The van der Waals surface area contributed by atoms with E-state index in [0.29, 0.717) is 0 Å². The summed E-state index contributed by atoms with van der Waals surface area (Å²) in [5.41, 5.74) is 1.21. The van der Waals surface area contributed by atoms with Crippen LogP contribution in [-0.4, -0.2) is 6.54 Å². The van der Waals surface area contributed by atoms with Gasteiger partial charge in [0.1, 0.15) is 0 Å². The molecule has 2 heteroatoms. The van der Waals surface area contributed by atoms with Gasteiger partial charge in [0.15, 0.2) is 0 Å². The zero-order valence-corrected chi connectivity index (χ0v) is 5.70. The van der Waals surface area contributed by atoms with Gasteiger partial charge in [0.2, 0.25) is 0 Å². The predicted molar refractivity (Wildman–Crippen MR) is 38.8 cm³/mol. The Morgan fingerprint density at radius 2 is 2.38 bits per heavy atom. The van der Waals surface area contributed by atoms with E-state index in [0.717, 1.165) is 11.4 Å². The fourth-order valence-corrected chi connectivity index (χ4v) is 0.723. The van der Waals surface area contributed by atoms with Crippen LogP contribution in [0.5, 0.6) is 0 Å². The van der Waals surface area contributed by atoms with Gasteiger partial charge in [0.05, 0.1) is 0 Å². The zero-order valence-electron chi connectivity index (χ0n) is 4.81. The molecule has 0 amide bonds. The van der Waals surface area contributed by atoms with E-state index < -0.39 is 0 Å². The lowest BCUT2D eigenvalue weighted by atomic mass is 10.3. The van der Waals surface area contributed by atoms with Crippen LogP contribution >= 0.6 is 12.6 Å². The average molecular weight is 127 g/mol. The van der Waals surface area contributed by atoms with E-state index in [4.69, 9.17) is 0 Å². The number of dihydropyridines is 1. The molecule has 0 aromatic heterocycles. The summed E-state index contributed by atoms with van der Waals surface area (Å²) in [6, 6.07) is 0. The molecule has 1 N–H and O–H groups in total. The molecule has 0 atom stereocenters. The van der Waals surface area contributed by atoms with Crippen molar-refractivity contribution < 1.29 is 0 Å². The summed E-state index contributed by atoms with van der Waals surface area (Å²) < 4.78 is 0. The van der Waals surface area contributed by atoms with Crippen molar-refractivity contribution in [3.63, 3.8) is 0 Å². The minimum atomic E-state index is 0.880. The molecule has 0 fully saturated rings. The van der Waals surface area contributed by atoms with Crippen LogP contribution < -0.4 is 5.32 Å². The molecule has 1 nitrogen and oxygen atoms in total. The van der Waals surface area contributed by atoms with Crippen LogP contribution in [0.25, 0.3) is 0 Å². The lowest BCUT2D eigenvalue weighted by Crippen LogP contribution is -2.15. The second-order valence-electron chi connectivity index (χ2n) is 1.86. The molecule has 0 saturated heterocycles. The van der Waals surface area contributed by atoms with Gasteiger partial charge in [-0.1, -0.05) is 0 Å². The van der Waals surface area contributed by atoms with Crippen molar-refractivity contribution in [2.45, 2.75) is 6.92 Å². The number of allylic oxidation sites excluding steroid dienone is 3. The molecule has 0 aliphatic carbocycles. The van der Waals surface area contributed by atoms with E-state index in [1.807, 2.05) is 19.1 Å². The lowest BCUT2D eigenvalue weighted by Gasteiger charge is -2.09. The van der Waals surface area contributed by atoms with E-state index in [1.54, 1.807) is 0 Å². The summed E-state index contributed by atoms with van der Waals surface area (Å²) in [5, 5.41) is 3.15. The van der Waals surface area contributed by atoms with E-state index in [-0.39, 0.29) is 0 Å². The fourth-order valence-electron chi connectivity index (χ4n) is 0.569. The van der Waals surface area contributed by atoms with Crippen molar-refractivity contribution in [1.82, 2.24) is 5.32 Å². The first-order chi connectivity index (χ1) is 3.79. The maximum absolute atomic E-state index is 4.16. The van der Waals surface area contributed by atoms with Crippen molar-refractivity contribution in [2.24, 2.45) is 0 Å². The van der Waals surface area contributed by atoms with Crippen molar-refractivity contribution in [2.75, 3.05) is 6.54 Å². The quantitative estimate of drug-likeness (QED) is 0.467. The lowest BCUT2D eigenvalue weighted by molar-refractivity contribution is 0.884. The molecule has 44 valence electrons. The Morgan fingerprint density at radius 3 is 2.75 bits per heavy atom. The average Bonchev–Trinajstić information content (AvgIpc) is 1.77. The Hall–Kier alpha value is -0.370. The highest BCUT2D eigenvalue weighted by Crippen LogP contribution is 2.05. The molecule has 0 radical (unpaired) electrons. The molecule has 0 saturated carbocycles. The maximum atomic E-state index is 4.16. The van der Waals surface area contributed by atoms with Gasteiger partial charge >= 0.3 is 0 Å². The molecule has 8 heavy (non-hydrogen) atoms. The molecule has 1 aliphatic rings. The minimum absolute atomic E-state index is 0.880. The molecule has 1 rings (SSSR count). The van der Waals surface area contributed by atoms with Crippen molar-refractivity contribution in [3.8, 4) is 0 Å². The molecule has 1 aliphatic heterocycles. The van der Waals surface area contributed by atoms with Crippen molar-refractivity contribution in [3.05, 3.63) is 22.8 Å². The third kappa shape index (κ3) is 1.30. The van der Waals surface area contributed by atoms with E-state index in [1.165, 1.54) is 5.70 Å². The Kier molecular flexibility index (Phi) is 1.63. The molecule has 0 aromatic carbocycles. The highest BCUT2D eigenvalue weighted by molar-refractivity contribution is 7.84. The number of hydrogen-bond donors (Lipinski definition) is 2. The SMILES string of the molecule is CC1=CC=C(S)CN1. The van der Waals surface area contributed by atoms with Crippen LogP contribution in [-0.2, 0) is 0 Å². The normalized spacial score (nSPS) is 18.8. The Morgan fingerprint density at radius 1 is 1.62 bits per heavy atom. The first kappa shape index (κ1) is 5.76. The topological polar surface area (TPSA) is 12.0 Å². The molecule has 0 unspecified atom stereocenters. The van der Waals surface area contributed by atoms with Crippen LogP contribution in [0.1, 0.15) is 6.92 Å². The van der Waals surface area contributed by atoms with Gasteiger partial charge in [-0.05, 0) is 19.1 Å². The number of thiol groups is 1. The molecular formula is C6H9NS. The number of rotatable bonds is 0. The van der Waals surface area contributed by atoms with Gasteiger partial charge in [-0.2, -0.15) is 0 Å². The van der Waals surface area contributed by atoms with Crippen LogP contribution in [0.4, 0.5) is 0 Å². The third-order valence-electron chi connectivity index (χ3n) is 1.07. The first-order valence-corrected chi connectivity index (χ1v) is 3.04. The van der Waals surface area contributed by atoms with Crippen LogP contribution in [0.3, 0.4) is 0 Å². The largest absolute Gasteiger partial charge is 0.384 e. The van der Waals surface area contributed by atoms with Crippen LogP contribution in [0.15, 0.2) is 22.8 Å². The van der Waals surface area contributed by atoms with E-state index >= 15 is 0 Å². The molecular weight excluding hydrogens is 118 g/mol. The molecule has 0 spiro atoms. The summed E-state index contributed by atoms with van der Waals surface area (Å²) in [6.07, 6.45) is 4.03. The summed E-state index contributed by atoms with van der Waals surface area (Å²) in [5.74, 6) is 0. The van der Waals surface area contributed by atoms with Crippen molar-refractivity contribution >= 4 is 12.6 Å². The Bertz CT molecular complexity index is 129. The maximum Gasteiger partial charge on any atom is 0.0454 e. The predicted octanol–water partition coefficient (Wildman–Crippen LogP) is 1.31. The van der Waals surface area contributed by atoms with E-state index in [2.05, 4.69) is 17.9 Å². The Balaban J connectivity index is 2.65. The fraction of sp³-hybridized carbons (Fsp3) is 0.333. The van der Waals surface area contributed by atoms with Crippen molar-refractivity contribution in [1.29, 1.82) is 0 Å². The second-order valence-corrected chi connectivity index (χ2v) is 2.44. The van der Waals surface area contributed by atoms with Gasteiger partial charge in [0, 0.05) is 17.1 Å². The highest BCUT2D eigenvalue weighted by Gasteiger charge is 1.94. The molecule has 1 heterocycles. The second kappa shape index (κ2) is 2.27. The number of nitrogens with one attached hydrogen (secondary N) is 1. The van der Waals surface area contributed by atoms with Gasteiger partial charge in [-0.3, -0.25) is 0 Å². The number of hydrogen-bond acceptors (Lipinski definition) is 2. The van der Waals surface area contributed by atoms with Crippen LogP contribution in [0.2, 0.25) is 0 Å². The van der Waals surface area contributed by atoms with Gasteiger partial charge in [-0.15, -0.1) is 12.6 Å². The summed E-state index contributed by atoms with van der Waals surface area (Å²) in [7, 11) is 0. The zero-order chi connectivity index (χ0) is 5.98. The highest BCUT2D eigenvalue weighted by atomic mass is 32.1. The minimum Gasteiger partial charge on any atom is -0.384 e. The molecule has 0 bridgehead atoms. The van der Waals surface area contributed by atoms with Crippen LogP contribution in [0, 0.1) is 0 Å². The summed E-state index contributed by atoms with van der Waals surface area (Å²) >= 11 is 4.16. The standard InChI is InChI=1S/C6H9NS/c1-5-2-3-6(8)4-7-5/h2-3,7-8H,4H2,1H3. The summed E-state index contributed by atoms with van der Waals surface area (Å²) in [4.78, 5) is 1.09. The third-order valence-corrected chi connectivity index (χ3v) is 1.38. The van der Waals surface area contributed by atoms with Gasteiger partial charge in [-0.25, -0.2) is 0 Å². The Labute approximate surface area is 54.9 Å². The monoisotopic (exact) mass is 127 g/mol. The molecule has 0 aromatic rings. The first-order valence-electron chi connectivity index (χ1n) is 2.59. The van der Waals surface area contributed by atoms with Gasteiger partial charge < -0.3 is 5.32 Å². The smallest absolute Gasteiger partial charge is 0.0454 e. The summed E-state index contributed by atoms with van der Waals surface area (Å²) in [6.45, 7) is 2.92. The van der Waals surface area contributed by atoms with Gasteiger partial charge in [0.25, 0.3) is 0 Å².